The van der Waals surface area contributed by atoms with Crippen LogP contribution in [0.1, 0.15) is 35.0 Å². The predicted molar refractivity (Wildman–Crippen MR) is 101 cm³/mol. The van der Waals surface area contributed by atoms with Crippen LogP contribution in [0.4, 0.5) is 8.78 Å². The zero-order valence-corrected chi connectivity index (χ0v) is 15.6. The number of hydrogen-bond donors (Lipinski definition) is 1. The summed E-state index contributed by atoms with van der Waals surface area (Å²) in [5, 5.41) is 18.4. The molecule has 0 saturated carbocycles. The van der Waals surface area contributed by atoms with Gasteiger partial charge in [0.15, 0.2) is 5.69 Å². The molecule has 1 unspecified atom stereocenters. The number of nitrogens with zero attached hydrogens (tertiary/aromatic N) is 4. The highest BCUT2D eigenvalue weighted by molar-refractivity contribution is 5.92. The summed E-state index contributed by atoms with van der Waals surface area (Å²) in [4.78, 5) is 14.4. The van der Waals surface area contributed by atoms with E-state index in [1.54, 1.807) is 29.2 Å². The van der Waals surface area contributed by atoms with Crippen molar-refractivity contribution < 1.29 is 18.7 Å². The molecule has 1 aliphatic rings. The van der Waals surface area contributed by atoms with Crippen LogP contribution in [0.25, 0.3) is 5.69 Å². The maximum absolute atomic E-state index is 13.1. The molecule has 0 spiro atoms. The van der Waals surface area contributed by atoms with E-state index >= 15 is 0 Å². The van der Waals surface area contributed by atoms with Gasteiger partial charge in [-0.1, -0.05) is 17.3 Å². The summed E-state index contributed by atoms with van der Waals surface area (Å²) in [6.45, 7) is 0.982. The van der Waals surface area contributed by atoms with E-state index in [2.05, 4.69) is 10.3 Å². The van der Waals surface area contributed by atoms with E-state index in [0.29, 0.717) is 37.2 Å². The van der Waals surface area contributed by atoms with Gasteiger partial charge in [-0.05, 0) is 60.7 Å². The zero-order valence-electron chi connectivity index (χ0n) is 15.6. The number of halogens is 2. The molecule has 1 N–H and O–H groups in total. The quantitative estimate of drug-likeness (QED) is 0.733. The van der Waals surface area contributed by atoms with Crippen LogP contribution in [0.2, 0.25) is 0 Å². The average molecular weight is 398 g/mol. The third kappa shape index (κ3) is 4.17. The first-order valence-corrected chi connectivity index (χ1v) is 9.42. The average Bonchev–Trinajstić information content (AvgIpc) is 3.24. The Hall–Kier alpha value is -3.13. The summed E-state index contributed by atoms with van der Waals surface area (Å²) in [7, 11) is 0. The zero-order chi connectivity index (χ0) is 20.4. The summed E-state index contributed by atoms with van der Waals surface area (Å²) in [5.74, 6) is -0.918. The number of amides is 1. The van der Waals surface area contributed by atoms with Gasteiger partial charge in [-0.15, -0.1) is 5.10 Å². The Morgan fingerprint density at radius 2 is 1.59 bits per heavy atom. The van der Waals surface area contributed by atoms with Crippen molar-refractivity contribution in [2.24, 2.45) is 5.92 Å². The predicted octanol–water partition coefficient (Wildman–Crippen LogP) is 3.13. The lowest BCUT2D eigenvalue weighted by molar-refractivity contribution is 0.0458. The normalized spacial score (nSPS) is 16.0. The number of likely N-dealkylation sites (tertiary alicyclic amines) is 1. The maximum Gasteiger partial charge on any atom is 0.276 e. The van der Waals surface area contributed by atoms with Crippen molar-refractivity contribution >= 4 is 5.91 Å². The van der Waals surface area contributed by atoms with Crippen molar-refractivity contribution in [1.29, 1.82) is 0 Å². The third-order valence-electron chi connectivity index (χ3n) is 5.29. The van der Waals surface area contributed by atoms with Crippen LogP contribution in [-0.2, 0) is 0 Å². The summed E-state index contributed by atoms with van der Waals surface area (Å²) >= 11 is 0. The number of piperidine rings is 1. The number of aliphatic hydroxyl groups excluding tert-OH is 1. The highest BCUT2D eigenvalue weighted by Crippen LogP contribution is 2.31. The number of benzene rings is 2. The Labute approximate surface area is 166 Å². The van der Waals surface area contributed by atoms with Gasteiger partial charge in [0.25, 0.3) is 5.91 Å². The number of hydrogen-bond acceptors (Lipinski definition) is 4. The molecule has 6 nitrogen and oxygen atoms in total. The monoisotopic (exact) mass is 398 g/mol. The molecule has 1 fully saturated rings. The van der Waals surface area contributed by atoms with Crippen molar-refractivity contribution in [2.45, 2.75) is 18.9 Å². The number of aliphatic hydroxyl groups is 1. The maximum atomic E-state index is 13.1. The number of aromatic nitrogens is 3. The second-order valence-corrected chi connectivity index (χ2v) is 7.15. The Balaban J connectivity index is 1.38. The minimum atomic E-state index is -0.688. The second kappa shape index (κ2) is 8.08. The van der Waals surface area contributed by atoms with E-state index in [1.165, 1.54) is 35.1 Å². The van der Waals surface area contributed by atoms with Gasteiger partial charge in [0.1, 0.15) is 11.6 Å². The van der Waals surface area contributed by atoms with Crippen LogP contribution in [-0.4, -0.2) is 44.0 Å². The minimum absolute atomic E-state index is 0.000547. The molecule has 2 heterocycles. The Morgan fingerprint density at radius 3 is 2.21 bits per heavy atom. The first-order chi connectivity index (χ1) is 14.0. The van der Waals surface area contributed by atoms with Gasteiger partial charge in [-0.2, -0.15) is 0 Å². The lowest BCUT2D eigenvalue weighted by atomic mass is 9.87. The van der Waals surface area contributed by atoms with Crippen molar-refractivity contribution in [2.75, 3.05) is 13.1 Å². The summed E-state index contributed by atoms with van der Waals surface area (Å²) in [6.07, 6.45) is 2.11. The van der Waals surface area contributed by atoms with Gasteiger partial charge >= 0.3 is 0 Å². The molecule has 2 aromatic carbocycles. The highest BCUT2D eigenvalue weighted by Gasteiger charge is 2.29. The SMILES string of the molecule is O=C(c1cn(-c2ccc(F)cc2)nn1)N1CCC(C(O)c2ccc(F)cc2)CC1. The van der Waals surface area contributed by atoms with E-state index in [9.17, 15) is 18.7 Å². The van der Waals surface area contributed by atoms with E-state index in [0.717, 1.165) is 0 Å². The second-order valence-electron chi connectivity index (χ2n) is 7.15. The minimum Gasteiger partial charge on any atom is -0.388 e. The fourth-order valence-corrected chi connectivity index (χ4v) is 3.59. The van der Waals surface area contributed by atoms with E-state index in [4.69, 9.17) is 0 Å². The van der Waals surface area contributed by atoms with Gasteiger partial charge in [-0.3, -0.25) is 4.79 Å². The molecule has 1 amide bonds. The lowest BCUT2D eigenvalue weighted by Crippen LogP contribution is -2.40. The van der Waals surface area contributed by atoms with E-state index in [1.807, 2.05) is 0 Å². The summed E-state index contributed by atoms with van der Waals surface area (Å²) in [6, 6.07) is 11.6. The molecule has 8 heteroatoms. The molecule has 150 valence electrons. The molecule has 1 saturated heterocycles. The van der Waals surface area contributed by atoms with Crippen LogP contribution < -0.4 is 0 Å². The molecular formula is C21H20F2N4O2. The molecule has 0 radical (unpaired) electrons. The van der Waals surface area contributed by atoms with Crippen LogP contribution >= 0.6 is 0 Å². The van der Waals surface area contributed by atoms with Crippen molar-refractivity contribution in [3.05, 3.63) is 77.6 Å². The Kier molecular flexibility index (Phi) is 5.35. The number of carbonyl (C=O) groups excluding carboxylic acids is 1. The van der Waals surface area contributed by atoms with Crippen LogP contribution in [0, 0.1) is 17.6 Å². The molecule has 0 bridgehead atoms. The van der Waals surface area contributed by atoms with Gasteiger partial charge < -0.3 is 10.0 Å². The smallest absolute Gasteiger partial charge is 0.276 e. The Bertz CT molecular complexity index is 981. The molecular weight excluding hydrogens is 378 g/mol. The first-order valence-electron chi connectivity index (χ1n) is 9.42. The van der Waals surface area contributed by atoms with Crippen LogP contribution in [0.5, 0.6) is 0 Å². The molecule has 4 rings (SSSR count). The highest BCUT2D eigenvalue weighted by atomic mass is 19.1. The number of rotatable bonds is 4. The van der Waals surface area contributed by atoms with E-state index < -0.39 is 6.10 Å². The fourth-order valence-electron chi connectivity index (χ4n) is 3.59. The fraction of sp³-hybridized carbons (Fsp3) is 0.286. The van der Waals surface area contributed by atoms with Gasteiger partial charge in [-0.25, -0.2) is 13.5 Å². The van der Waals surface area contributed by atoms with Gasteiger partial charge in [0.05, 0.1) is 18.0 Å². The van der Waals surface area contributed by atoms with E-state index in [-0.39, 0.29) is 29.2 Å². The topological polar surface area (TPSA) is 71.2 Å². The molecule has 1 atom stereocenters. The van der Waals surface area contributed by atoms with Crippen molar-refractivity contribution in [3.63, 3.8) is 0 Å². The Morgan fingerprint density at radius 1 is 1.00 bits per heavy atom. The van der Waals surface area contributed by atoms with Gasteiger partial charge in [0, 0.05) is 13.1 Å². The standard InChI is InChI=1S/C21H20F2N4O2/c22-16-3-1-14(2-4-16)20(28)15-9-11-26(12-10-15)21(29)19-13-27(25-24-19)18-7-5-17(23)6-8-18/h1-8,13,15,20,28H,9-12H2. The molecule has 1 aromatic heterocycles. The van der Waals surface area contributed by atoms with Crippen molar-refractivity contribution in [3.8, 4) is 5.69 Å². The molecule has 3 aromatic rings. The molecule has 0 aliphatic carbocycles. The third-order valence-corrected chi connectivity index (χ3v) is 5.29. The van der Waals surface area contributed by atoms with Crippen LogP contribution in [0.15, 0.2) is 54.7 Å². The van der Waals surface area contributed by atoms with Crippen molar-refractivity contribution in [1.82, 2.24) is 19.9 Å². The summed E-state index contributed by atoms with van der Waals surface area (Å²) < 4.78 is 27.5. The summed E-state index contributed by atoms with van der Waals surface area (Å²) in [5.41, 5.74) is 1.50. The van der Waals surface area contributed by atoms with Gasteiger partial charge in [0.2, 0.25) is 0 Å². The largest absolute Gasteiger partial charge is 0.388 e. The lowest BCUT2D eigenvalue weighted by Gasteiger charge is -2.34. The first kappa shape index (κ1) is 19.2. The van der Waals surface area contributed by atoms with Crippen LogP contribution in [0.3, 0.4) is 0 Å². The molecule has 1 aliphatic heterocycles. The number of carbonyl (C=O) groups is 1. The molecule has 29 heavy (non-hydrogen) atoms.